The summed E-state index contributed by atoms with van der Waals surface area (Å²) >= 11 is 0. The maximum Gasteiger partial charge on any atom is 0.307 e. The van der Waals surface area contributed by atoms with Gasteiger partial charge in [0, 0.05) is 42.6 Å². The van der Waals surface area contributed by atoms with E-state index >= 15 is 0 Å². The van der Waals surface area contributed by atoms with Crippen LogP contribution in [0.4, 0.5) is 11.4 Å². The zero-order chi connectivity index (χ0) is 21.2. The van der Waals surface area contributed by atoms with Gasteiger partial charge in [-0.05, 0) is 57.2 Å². The molecule has 0 atom stereocenters. The number of carbonyl (C=O) groups excluding carboxylic acids is 2. The number of benzene rings is 2. The summed E-state index contributed by atoms with van der Waals surface area (Å²) in [6.45, 7) is 7.89. The Bertz CT molecular complexity index is 801. The summed E-state index contributed by atoms with van der Waals surface area (Å²) in [5.41, 5.74) is 2.43. The van der Waals surface area contributed by atoms with Gasteiger partial charge in [0.05, 0.1) is 20.1 Å². The van der Waals surface area contributed by atoms with Gasteiger partial charge in [0.25, 0.3) is 5.91 Å². The minimum atomic E-state index is -0.242. The lowest BCUT2D eigenvalue weighted by molar-refractivity contribution is -0.142. The summed E-state index contributed by atoms with van der Waals surface area (Å²) in [5, 5.41) is 0. The fraction of sp³-hybridized carbons (Fsp3) is 0.391. The molecule has 0 N–H and O–H groups in total. The number of hydrogen-bond donors (Lipinski definition) is 0. The third-order valence-corrected chi connectivity index (χ3v) is 4.69. The Morgan fingerprint density at radius 2 is 1.62 bits per heavy atom. The monoisotopic (exact) mass is 398 g/mol. The molecule has 0 unspecified atom stereocenters. The van der Waals surface area contributed by atoms with Gasteiger partial charge >= 0.3 is 5.97 Å². The fourth-order valence-corrected chi connectivity index (χ4v) is 3.10. The first-order chi connectivity index (χ1) is 14.0. The van der Waals surface area contributed by atoms with Crippen molar-refractivity contribution in [3.63, 3.8) is 0 Å². The lowest BCUT2D eigenvalue weighted by Crippen LogP contribution is -2.30. The molecule has 2 aromatic carbocycles. The van der Waals surface area contributed by atoms with Crippen LogP contribution >= 0.6 is 0 Å². The molecule has 2 aromatic rings. The molecule has 0 heterocycles. The number of rotatable bonds is 10. The molecule has 0 bridgehead atoms. The summed E-state index contributed by atoms with van der Waals surface area (Å²) in [6, 6.07) is 15.1. The standard InChI is InChI=1S/C23H30N2O4/c1-5-24(6-2)23(27)18-11-13-19(14-12-18)25(16-15-22(26)29-7-3)20-9-8-10-21(17-20)28-4/h8-14,17H,5-7,15-16H2,1-4H3. The first-order valence-corrected chi connectivity index (χ1v) is 10.0. The third kappa shape index (κ3) is 5.98. The highest BCUT2D eigenvalue weighted by Crippen LogP contribution is 2.29. The Labute approximate surface area is 173 Å². The van der Waals surface area contributed by atoms with Gasteiger partial charge in [0.15, 0.2) is 0 Å². The maximum atomic E-state index is 12.6. The van der Waals surface area contributed by atoms with E-state index in [-0.39, 0.29) is 18.3 Å². The Kier molecular flexibility index (Phi) is 8.52. The van der Waals surface area contributed by atoms with Gasteiger partial charge in [-0.15, -0.1) is 0 Å². The molecule has 0 saturated heterocycles. The van der Waals surface area contributed by atoms with Crippen LogP contribution in [-0.4, -0.2) is 50.1 Å². The summed E-state index contributed by atoms with van der Waals surface area (Å²) in [7, 11) is 1.62. The highest BCUT2D eigenvalue weighted by atomic mass is 16.5. The molecule has 0 spiro atoms. The molecule has 6 heteroatoms. The molecule has 0 aliphatic heterocycles. The van der Waals surface area contributed by atoms with Crippen molar-refractivity contribution in [2.24, 2.45) is 0 Å². The van der Waals surface area contributed by atoms with E-state index in [0.717, 1.165) is 17.1 Å². The first kappa shape index (κ1) is 22.3. The van der Waals surface area contributed by atoms with Crippen LogP contribution in [0.3, 0.4) is 0 Å². The maximum absolute atomic E-state index is 12.6. The van der Waals surface area contributed by atoms with E-state index < -0.39 is 0 Å². The molecule has 0 aromatic heterocycles. The van der Waals surface area contributed by atoms with Gasteiger partial charge < -0.3 is 19.3 Å². The third-order valence-electron chi connectivity index (χ3n) is 4.69. The van der Waals surface area contributed by atoms with Gasteiger partial charge in [-0.3, -0.25) is 9.59 Å². The molecule has 156 valence electrons. The van der Waals surface area contributed by atoms with Gasteiger partial charge in [-0.2, -0.15) is 0 Å². The summed E-state index contributed by atoms with van der Waals surface area (Å²) in [4.78, 5) is 28.3. The molecule has 0 saturated carbocycles. The number of ether oxygens (including phenoxy) is 2. The second-order valence-electron chi connectivity index (χ2n) is 6.43. The lowest BCUT2D eigenvalue weighted by atomic mass is 10.1. The van der Waals surface area contributed by atoms with Crippen molar-refractivity contribution in [2.75, 3.05) is 38.3 Å². The predicted molar refractivity (Wildman–Crippen MR) is 115 cm³/mol. The summed E-state index contributed by atoms with van der Waals surface area (Å²) in [6.07, 6.45) is 0.255. The highest BCUT2D eigenvalue weighted by molar-refractivity contribution is 5.94. The fourth-order valence-electron chi connectivity index (χ4n) is 3.10. The quantitative estimate of drug-likeness (QED) is 0.560. The number of esters is 1. The molecule has 6 nitrogen and oxygen atoms in total. The van der Waals surface area contributed by atoms with Crippen LogP contribution in [-0.2, 0) is 9.53 Å². The van der Waals surface area contributed by atoms with E-state index in [1.54, 1.807) is 18.9 Å². The van der Waals surface area contributed by atoms with Crippen LogP contribution in [0.15, 0.2) is 48.5 Å². The molecular formula is C23H30N2O4. The second kappa shape index (κ2) is 11.1. The number of carbonyl (C=O) groups is 2. The van der Waals surface area contributed by atoms with Crippen molar-refractivity contribution < 1.29 is 19.1 Å². The molecule has 0 fully saturated rings. The molecule has 0 aliphatic rings. The van der Waals surface area contributed by atoms with Gasteiger partial charge in [-0.25, -0.2) is 0 Å². The van der Waals surface area contributed by atoms with E-state index in [2.05, 4.69) is 0 Å². The topological polar surface area (TPSA) is 59.1 Å². The molecule has 2 rings (SSSR count). The molecule has 0 radical (unpaired) electrons. The number of nitrogens with zero attached hydrogens (tertiary/aromatic N) is 2. The average Bonchev–Trinajstić information content (AvgIpc) is 2.75. The van der Waals surface area contributed by atoms with Crippen LogP contribution in [0.25, 0.3) is 0 Å². The molecule has 29 heavy (non-hydrogen) atoms. The molecule has 0 aliphatic carbocycles. The highest BCUT2D eigenvalue weighted by Gasteiger charge is 2.16. The van der Waals surface area contributed by atoms with Crippen molar-refractivity contribution in [3.05, 3.63) is 54.1 Å². The van der Waals surface area contributed by atoms with Crippen molar-refractivity contribution >= 4 is 23.3 Å². The normalized spacial score (nSPS) is 10.3. The average molecular weight is 399 g/mol. The van der Waals surface area contributed by atoms with Crippen molar-refractivity contribution in [1.29, 1.82) is 0 Å². The SMILES string of the molecule is CCOC(=O)CCN(c1ccc(C(=O)N(CC)CC)cc1)c1cccc(OC)c1. The second-order valence-corrected chi connectivity index (χ2v) is 6.43. The van der Waals surface area contributed by atoms with Crippen LogP contribution in [0, 0.1) is 0 Å². The number of hydrogen-bond acceptors (Lipinski definition) is 5. The van der Waals surface area contributed by atoms with Crippen LogP contribution in [0.5, 0.6) is 5.75 Å². The first-order valence-electron chi connectivity index (χ1n) is 10.0. The largest absolute Gasteiger partial charge is 0.497 e. The van der Waals surface area contributed by atoms with Crippen LogP contribution < -0.4 is 9.64 Å². The van der Waals surface area contributed by atoms with Crippen molar-refractivity contribution in [1.82, 2.24) is 4.90 Å². The Balaban J connectivity index is 2.29. The number of methoxy groups -OCH3 is 1. The lowest BCUT2D eigenvalue weighted by Gasteiger charge is -2.26. The number of anilines is 2. The zero-order valence-corrected chi connectivity index (χ0v) is 17.7. The van der Waals surface area contributed by atoms with Crippen LogP contribution in [0.1, 0.15) is 37.6 Å². The van der Waals surface area contributed by atoms with E-state index in [0.29, 0.717) is 31.8 Å². The van der Waals surface area contributed by atoms with Gasteiger partial charge in [0.1, 0.15) is 5.75 Å². The van der Waals surface area contributed by atoms with Crippen molar-refractivity contribution in [2.45, 2.75) is 27.2 Å². The minimum absolute atomic E-state index is 0.0148. The smallest absolute Gasteiger partial charge is 0.307 e. The minimum Gasteiger partial charge on any atom is -0.497 e. The Morgan fingerprint density at radius 1 is 0.931 bits per heavy atom. The van der Waals surface area contributed by atoms with E-state index in [1.807, 2.05) is 67.3 Å². The summed E-state index contributed by atoms with van der Waals surface area (Å²) < 4.78 is 10.4. The van der Waals surface area contributed by atoms with Crippen LogP contribution in [0.2, 0.25) is 0 Å². The molecule has 1 amide bonds. The van der Waals surface area contributed by atoms with E-state index in [4.69, 9.17) is 9.47 Å². The van der Waals surface area contributed by atoms with E-state index in [1.165, 1.54) is 0 Å². The predicted octanol–water partition coefficient (Wildman–Crippen LogP) is 4.27. The number of amides is 1. The van der Waals surface area contributed by atoms with Gasteiger partial charge in [-0.1, -0.05) is 6.07 Å². The van der Waals surface area contributed by atoms with Gasteiger partial charge in [0.2, 0.25) is 0 Å². The summed E-state index contributed by atoms with van der Waals surface area (Å²) in [5.74, 6) is 0.506. The molecular weight excluding hydrogens is 368 g/mol. The van der Waals surface area contributed by atoms with E-state index in [9.17, 15) is 9.59 Å². The Hall–Kier alpha value is -3.02. The Morgan fingerprint density at radius 3 is 2.21 bits per heavy atom. The van der Waals surface area contributed by atoms with Crippen molar-refractivity contribution in [3.8, 4) is 5.75 Å². The zero-order valence-electron chi connectivity index (χ0n) is 17.7.